The largest absolute Gasteiger partial charge is 0.454 e. The standard InChI is InChI=1S/C26H20N2O3/c29-25(22-11-10-21-14-20-4-1-2-5-23(20)24(21)15-22)17-31-26(30)19-8-6-18(7-9-19)16-28-13-3-12-27-28/h1-13,15H,14,16-17H2. The fourth-order valence-corrected chi connectivity index (χ4v) is 3.92. The third-order valence-corrected chi connectivity index (χ3v) is 5.55. The summed E-state index contributed by atoms with van der Waals surface area (Å²) in [5.41, 5.74) is 6.72. The van der Waals surface area contributed by atoms with E-state index in [9.17, 15) is 9.59 Å². The second-order valence-corrected chi connectivity index (χ2v) is 7.61. The maximum atomic E-state index is 12.6. The van der Waals surface area contributed by atoms with Crippen LogP contribution in [0.3, 0.4) is 0 Å². The molecule has 0 atom stereocenters. The fraction of sp³-hybridized carbons (Fsp3) is 0.115. The van der Waals surface area contributed by atoms with Gasteiger partial charge in [0.15, 0.2) is 12.4 Å². The molecular weight excluding hydrogens is 388 g/mol. The smallest absolute Gasteiger partial charge is 0.338 e. The van der Waals surface area contributed by atoms with E-state index in [0.29, 0.717) is 17.7 Å². The Kier molecular flexibility index (Phi) is 4.92. The molecule has 1 aliphatic carbocycles. The van der Waals surface area contributed by atoms with Gasteiger partial charge < -0.3 is 4.74 Å². The summed E-state index contributed by atoms with van der Waals surface area (Å²) in [6.07, 6.45) is 4.49. The molecule has 0 radical (unpaired) electrons. The number of fused-ring (bicyclic) bond motifs is 3. The first-order valence-corrected chi connectivity index (χ1v) is 10.2. The van der Waals surface area contributed by atoms with E-state index in [2.05, 4.69) is 17.2 Å². The molecule has 31 heavy (non-hydrogen) atoms. The summed E-state index contributed by atoms with van der Waals surface area (Å²) in [6.45, 7) is 0.344. The third-order valence-electron chi connectivity index (χ3n) is 5.55. The quantitative estimate of drug-likeness (QED) is 0.306. The van der Waals surface area contributed by atoms with Gasteiger partial charge in [-0.3, -0.25) is 9.48 Å². The molecule has 0 aliphatic heterocycles. The molecule has 0 unspecified atom stereocenters. The van der Waals surface area contributed by atoms with E-state index in [1.807, 2.05) is 54.7 Å². The Hall–Kier alpha value is -3.99. The summed E-state index contributed by atoms with van der Waals surface area (Å²) in [7, 11) is 0. The second kappa shape index (κ2) is 8.03. The number of carbonyl (C=O) groups excluding carboxylic acids is 2. The summed E-state index contributed by atoms with van der Waals surface area (Å²) < 4.78 is 7.08. The van der Waals surface area contributed by atoms with Crippen molar-refractivity contribution in [1.82, 2.24) is 9.78 Å². The van der Waals surface area contributed by atoms with Crippen molar-refractivity contribution in [3.8, 4) is 11.1 Å². The van der Waals surface area contributed by atoms with Crippen LogP contribution in [0.15, 0.2) is 85.2 Å². The van der Waals surface area contributed by atoms with Gasteiger partial charge in [0, 0.05) is 18.0 Å². The molecular formula is C26H20N2O3. The van der Waals surface area contributed by atoms with E-state index < -0.39 is 5.97 Å². The molecule has 1 aromatic heterocycles. The van der Waals surface area contributed by atoms with Crippen molar-refractivity contribution in [2.75, 3.05) is 6.61 Å². The summed E-state index contributed by atoms with van der Waals surface area (Å²) in [6, 6.07) is 22.9. The Balaban J connectivity index is 1.22. The number of hydrogen-bond donors (Lipinski definition) is 0. The van der Waals surface area contributed by atoms with Crippen LogP contribution in [0.4, 0.5) is 0 Å². The van der Waals surface area contributed by atoms with Gasteiger partial charge in [0.2, 0.25) is 0 Å². The van der Waals surface area contributed by atoms with E-state index >= 15 is 0 Å². The van der Waals surface area contributed by atoms with Crippen LogP contribution >= 0.6 is 0 Å². The van der Waals surface area contributed by atoms with E-state index in [1.165, 1.54) is 16.7 Å². The zero-order valence-electron chi connectivity index (χ0n) is 16.8. The molecule has 0 saturated carbocycles. The number of esters is 1. The zero-order valence-corrected chi connectivity index (χ0v) is 16.8. The molecule has 0 bridgehead atoms. The van der Waals surface area contributed by atoms with Gasteiger partial charge in [-0.05, 0) is 58.5 Å². The van der Waals surface area contributed by atoms with Crippen LogP contribution in [0.1, 0.15) is 37.4 Å². The molecule has 0 N–H and O–H groups in total. The Morgan fingerprint density at radius 3 is 2.45 bits per heavy atom. The topological polar surface area (TPSA) is 61.2 Å². The maximum absolute atomic E-state index is 12.6. The Morgan fingerprint density at radius 2 is 1.65 bits per heavy atom. The average molecular weight is 408 g/mol. The van der Waals surface area contributed by atoms with E-state index in [-0.39, 0.29) is 12.4 Å². The number of ketones is 1. The molecule has 0 amide bonds. The minimum Gasteiger partial charge on any atom is -0.454 e. The molecule has 1 heterocycles. The molecule has 5 rings (SSSR count). The fourth-order valence-electron chi connectivity index (χ4n) is 3.92. The van der Waals surface area contributed by atoms with E-state index in [0.717, 1.165) is 17.5 Å². The van der Waals surface area contributed by atoms with Gasteiger partial charge in [-0.2, -0.15) is 5.10 Å². The van der Waals surface area contributed by atoms with E-state index in [4.69, 9.17) is 4.74 Å². The number of benzene rings is 3. The molecule has 3 aromatic carbocycles. The van der Waals surface area contributed by atoms with Crippen molar-refractivity contribution in [3.05, 3.63) is 113 Å². The Labute approximate surface area is 179 Å². The lowest BCUT2D eigenvalue weighted by atomic mass is 10.0. The van der Waals surface area contributed by atoms with Gasteiger partial charge in [0.25, 0.3) is 0 Å². The van der Waals surface area contributed by atoms with Crippen LogP contribution in [0.2, 0.25) is 0 Å². The van der Waals surface area contributed by atoms with Crippen molar-refractivity contribution in [3.63, 3.8) is 0 Å². The SMILES string of the molecule is O=C(COC(=O)c1ccc(Cn2cccn2)cc1)c1ccc2c(c1)-c1ccccc1C2. The van der Waals surface area contributed by atoms with Gasteiger partial charge >= 0.3 is 5.97 Å². The number of carbonyl (C=O) groups is 2. The maximum Gasteiger partial charge on any atom is 0.338 e. The van der Waals surface area contributed by atoms with Gasteiger partial charge in [0.1, 0.15) is 0 Å². The van der Waals surface area contributed by atoms with Crippen LogP contribution in [-0.4, -0.2) is 28.1 Å². The van der Waals surface area contributed by atoms with Gasteiger partial charge in [-0.25, -0.2) is 4.79 Å². The van der Waals surface area contributed by atoms with Crippen LogP contribution in [0.25, 0.3) is 11.1 Å². The normalized spacial score (nSPS) is 11.6. The summed E-state index contributed by atoms with van der Waals surface area (Å²) >= 11 is 0. The molecule has 0 saturated heterocycles. The highest BCUT2D eigenvalue weighted by Gasteiger charge is 2.20. The number of Topliss-reactive ketones (excluding diaryl/α,β-unsaturated/α-hetero) is 1. The average Bonchev–Trinajstić information content (AvgIpc) is 3.44. The van der Waals surface area contributed by atoms with Gasteiger partial charge in [0.05, 0.1) is 12.1 Å². The third kappa shape index (κ3) is 3.90. The van der Waals surface area contributed by atoms with Gasteiger partial charge in [-0.1, -0.05) is 48.5 Å². The lowest BCUT2D eigenvalue weighted by Gasteiger charge is -2.08. The molecule has 5 nitrogen and oxygen atoms in total. The summed E-state index contributed by atoms with van der Waals surface area (Å²) in [5.74, 6) is -0.721. The molecule has 5 heteroatoms. The van der Waals surface area contributed by atoms with Crippen molar-refractivity contribution in [2.45, 2.75) is 13.0 Å². The number of ether oxygens (including phenoxy) is 1. The van der Waals surface area contributed by atoms with E-state index in [1.54, 1.807) is 23.0 Å². The van der Waals surface area contributed by atoms with Crippen LogP contribution in [0, 0.1) is 0 Å². The first-order valence-electron chi connectivity index (χ1n) is 10.2. The minimum atomic E-state index is -0.509. The number of hydrogen-bond acceptors (Lipinski definition) is 4. The van der Waals surface area contributed by atoms with Crippen LogP contribution in [0.5, 0.6) is 0 Å². The first kappa shape index (κ1) is 19.0. The lowest BCUT2D eigenvalue weighted by molar-refractivity contribution is 0.0475. The molecule has 1 aliphatic rings. The Morgan fingerprint density at radius 1 is 0.871 bits per heavy atom. The summed E-state index contributed by atoms with van der Waals surface area (Å²) in [5, 5.41) is 4.17. The number of rotatable bonds is 6. The zero-order chi connectivity index (χ0) is 21.2. The highest BCUT2D eigenvalue weighted by atomic mass is 16.5. The van der Waals surface area contributed by atoms with Crippen LogP contribution < -0.4 is 0 Å². The Bertz CT molecular complexity index is 1260. The second-order valence-electron chi connectivity index (χ2n) is 7.61. The molecule has 0 fully saturated rings. The highest BCUT2D eigenvalue weighted by molar-refractivity contribution is 6.00. The minimum absolute atomic E-state index is 0.212. The lowest BCUT2D eigenvalue weighted by Crippen LogP contribution is -2.14. The monoisotopic (exact) mass is 408 g/mol. The van der Waals surface area contributed by atoms with Gasteiger partial charge in [-0.15, -0.1) is 0 Å². The number of nitrogens with zero attached hydrogens (tertiary/aromatic N) is 2. The van der Waals surface area contributed by atoms with Crippen molar-refractivity contribution < 1.29 is 14.3 Å². The highest BCUT2D eigenvalue weighted by Crippen LogP contribution is 2.36. The predicted octanol–water partition coefficient (Wildman–Crippen LogP) is 4.54. The number of aromatic nitrogens is 2. The summed E-state index contributed by atoms with van der Waals surface area (Å²) in [4.78, 5) is 25.0. The molecule has 152 valence electrons. The molecule has 0 spiro atoms. The predicted molar refractivity (Wildman–Crippen MR) is 117 cm³/mol. The van der Waals surface area contributed by atoms with Crippen molar-refractivity contribution in [1.29, 1.82) is 0 Å². The first-order chi connectivity index (χ1) is 15.2. The van der Waals surface area contributed by atoms with Crippen molar-refractivity contribution in [2.24, 2.45) is 0 Å². The van der Waals surface area contributed by atoms with Crippen LogP contribution in [-0.2, 0) is 17.7 Å². The van der Waals surface area contributed by atoms with Crippen molar-refractivity contribution >= 4 is 11.8 Å². The molecule has 4 aromatic rings.